The molecule has 2 rings (SSSR count). The minimum Gasteiger partial charge on any atom is -0.306 e. The lowest BCUT2D eigenvalue weighted by molar-refractivity contribution is 0.507. The fraction of sp³-hybridized carbons (Fsp3) is 0.250. The van der Waals surface area contributed by atoms with Crippen molar-refractivity contribution in [2.75, 3.05) is 6.54 Å². The van der Waals surface area contributed by atoms with Gasteiger partial charge >= 0.3 is 0 Å². The summed E-state index contributed by atoms with van der Waals surface area (Å²) in [5.41, 5.74) is 0.0725. The first-order valence-electron chi connectivity index (χ1n) is 6.66. The molecule has 1 atom stereocenters. The first-order valence-corrected chi connectivity index (χ1v) is 6.66. The minimum absolute atomic E-state index is 0.00559. The van der Waals surface area contributed by atoms with Crippen molar-refractivity contribution in [2.24, 2.45) is 0 Å². The molecule has 1 N–H and O–H groups in total. The number of halogens is 4. The summed E-state index contributed by atoms with van der Waals surface area (Å²) in [5, 5.41) is 2.96. The van der Waals surface area contributed by atoms with Crippen LogP contribution in [0.4, 0.5) is 17.6 Å². The molecule has 0 amide bonds. The molecule has 0 bridgehead atoms. The van der Waals surface area contributed by atoms with Crippen LogP contribution in [0.1, 0.15) is 30.5 Å². The first kappa shape index (κ1) is 15.5. The predicted molar refractivity (Wildman–Crippen MR) is 72.9 cm³/mol. The summed E-state index contributed by atoms with van der Waals surface area (Å²) in [4.78, 5) is 0. The molecule has 21 heavy (non-hydrogen) atoms. The van der Waals surface area contributed by atoms with Crippen molar-refractivity contribution in [3.8, 4) is 0 Å². The Morgan fingerprint density at radius 3 is 2.19 bits per heavy atom. The van der Waals surface area contributed by atoms with Gasteiger partial charge in [0.15, 0.2) is 0 Å². The largest absolute Gasteiger partial charge is 0.306 e. The zero-order chi connectivity index (χ0) is 15.4. The number of benzene rings is 2. The van der Waals surface area contributed by atoms with Crippen molar-refractivity contribution in [3.63, 3.8) is 0 Å². The van der Waals surface area contributed by atoms with Crippen LogP contribution >= 0.6 is 0 Å². The average molecular weight is 297 g/mol. The molecular formula is C16H15F4N. The van der Waals surface area contributed by atoms with Gasteiger partial charge in [-0.1, -0.05) is 13.0 Å². The molecule has 112 valence electrons. The fourth-order valence-electron chi connectivity index (χ4n) is 2.15. The van der Waals surface area contributed by atoms with Gasteiger partial charge in [0, 0.05) is 17.2 Å². The van der Waals surface area contributed by atoms with Crippen molar-refractivity contribution >= 4 is 0 Å². The van der Waals surface area contributed by atoms with Gasteiger partial charge in [0.05, 0.1) is 6.04 Å². The Labute approximate surface area is 120 Å². The van der Waals surface area contributed by atoms with Crippen LogP contribution in [0, 0.1) is 23.3 Å². The van der Waals surface area contributed by atoms with Gasteiger partial charge in [0.25, 0.3) is 0 Å². The van der Waals surface area contributed by atoms with Crippen LogP contribution in [0.15, 0.2) is 36.4 Å². The Morgan fingerprint density at radius 2 is 1.52 bits per heavy atom. The van der Waals surface area contributed by atoms with E-state index in [0.717, 1.165) is 36.8 Å². The maximum atomic E-state index is 13.9. The van der Waals surface area contributed by atoms with Crippen molar-refractivity contribution in [3.05, 3.63) is 70.8 Å². The van der Waals surface area contributed by atoms with Crippen LogP contribution < -0.4 is 5.32 Å². The van der Waals surface area contributed by atoms with E-state index in [9.17, 15) is 17.6 Å². The van der Waals surface area contributed by atoms with Crippen molar-refractivity contribution in [1.82, 2.24) is 5.32 Å². The Hall–Kier alpha value is -1.88. The summed E-state index contributed by atoms with van der Waals surface area (Å²) in [6.07, 6.45) is 0.732. The summed E-state index contributed by atoms with van der Waals surface area (Å²) in [7, 11) is 0. The molecule has 2 aromatic carbocycles. The van der Waals surface area contributed by atoms with Crippen LogP contribution in [-0.2, 0) is 0 Å². The summed E-state index contributed by atoms with van der Waals surface area (Å²) < 4.78 is 54.3. The fourth-order valence-corrected chi connectivity index (χ4v) is 2.15. The standard InChI is InChI=1S/C16H15F4N/c1-2-7-21-16(12-5-3-11(18)9-15(12)20)13-8-10(17)4-6-14(13)19/h3-6,8-9,16,21H,2,7H2,1H3. The Balaban J connectivity index is 2.49. The smallest absolute Gasteiger partial charge is 0.131 e. The highest BCUT2D eigenvalue weighted by Crippen LogP contribution is 2.27. The third-order valence-electron chi connectivity index (χ3n) is 3.14. The molecule has 0 spiro atoms. The summed E-state index contributed by atoms with van der Waals surface area (Å²) >= 11 is 0. The molecule has 5 heteroatoms. The van der Waals surface area contributed by atoms with E-state index in [4.69, 9.17) is 0 Å². The highest BCUT2D eigenvalue weighted by atomic mass is 19.1. The van der Waals surface area contributed by atoms with E-state index < -0.39 is 29.3 Å². The second kappa shape index (κ2) is 6.72. The van der Waals surface area contributed by atoms with E-state index in [0.29, 0.717) is 6.54 Å². The SMILES string of the molecule is CCCNC(c1ccc(F)cc1F)c1cc(F)ccc1F. The van der Waals surface area contributed by atoms with E-state index >= 15 is 0 Å². The second-order valence-electron chi connectivity index (χ2n) is 4.72. The first-order chi connectivity index (χ1) is 10.0. The lowest BCUT2D eigenvalue weighted by Gasteiger charge is -2.21. The van der Waals surface area contributed by atoms with Gasteiger partial charge < -0.3 is 5.32 Å². The maximum absolute atomic E-state index is 13.9. The van der Waals surface area contributed by atoms with E-state index in [1.807, 2.05) is 6.92 Å². The minimum atomic E-state index is -0.874. The molecule has 0 aromatic heterocycles. The van der Waals surface area contributed by atoms with Crippen molar-refractivity contribution < 1.29 is 17.6 Å². The molecule has 0 fully saturated rings. The van der Waals surface area contributed by atoms with Crippen LogP contribution in [-0.4, -0.2) is 6.54 Å². The molecule has 0 aliphatic rings. The van der Waals surface area contributed by atoms with E-state index in [1.165, 1.54) is 6.07 Å². The lowest BCUT2D eigenvalue weighted by Crippen LogP contribution is -2.25. The van der Waals surface area contributed by atoms with Crippen LogP contribution in [0.25, 0.3) is 0 Å². The molecule has 1 nitrogen and oxygen atoms in total. The molecule has 2 aromatic rings. The van der Waals surface area contributed by atoms with E-state index in [1.54, 1.807) is 0 Å². The summed E-state index contributed by atoms with van der Waals surface area (Å²) in [6, 6.07) is 5.20. The monoisotopic (exact) mass is 297 g/mol. The predicted octanol–water partition coefficient (Wildman–Crippen LogP) is 4.33. The van der Waals surface area contributed by atoms with Gasteiger partial charge in [-0.2, -0.15) is 0 Å². The van der Waals surface area contributed by atoms with Gasteiger partial charge in [0.2, 0.25) is 0 Å². The second-order valence-corrected chi connectivity index (χ2v) is 4.72. The molecule has 0 heterocycles. The molecule has 0 saturated carbocycles. The van der Waals surface area contributed by atoms with E-state index in [2.05, 4.69) is 5.32 Å². The third-order valence-corrected chi connectivity index (χ3v) is 3.14. The lowest BCUT2D eigenvalue weighted by atomic mass is 9.97. The topological polar surface area (TPSA) is 12.0 Å². The van der Waals surface area contributed by atoms with Gasteiger partial charge in [-0.05, 0) is 37.2 Å². The van der Waals surface area contributed by atoms with Crippen molar-refractivity contribution in [2.45, 2.75) is 19.4 Å². The molecule has 0 aliphatic carbocycles. The number of rotatable bonds is 5. The highest BCUT2D eigenvalue weighted by molar-refractivity contribution is 5.34. The Kier molecular flexibility index (Phi) is 4.96. The van der Waals surface area contributed by atoms with Crippen molar-refractivity contribution in [1.29, 1.82) is 0 Å². The zero-order valence-electron chi connectivity index (χ0n) is 11.5. The summed E-state index contributed by atoms with van der Waals surface area (Å²) in [6.45, 7) is 2.38. The van der Waals surface area contributed by atoms with Gasteiger partial charge in [-0.3, -0.25) is 0 Å². The molecule has 0 radical (unpaired) electrons. The number of nitrogens with one attached hydrogen (secondary N) is 1. The Bertz CT molecular complexity index is 628. The van der Waals surface area contributed by atoms with Gasteiger partial charge in [0.1, 0.15) is 23.3 Å². The third kappa shape index (κ3) is 3.61. The summed E-state index contributed by atoms with van der Waals surface area (Å²) in [5.74, 6) is -2.77. The highest BCUT2D eigenvalue weighted by Gasteiger charge is 2.21. The number of hydrogen-bond acceptors (Lipinski definition) is 1. The molecule has 0 aliphatic heterocycles. The zero-order valence-corrected chi connectivity index (χ0v) is 11.5. The van der Waals surface area contributed by atoms with Gasteiger partial charge in [-0.15, -0.1) is 0 Å². The average Bonchev–Trinajstić information content (AvgIpc) is 2.44. The molecule has 0 saturated heterocycles. The van der Waals surface area contributed by atoms with Gasteiger partial charge in [-0.25, -0.2) is 17.6 Å². The maximum Gasteiger partial charge on any atom is 0.131 e. The number of hydrogen-bond donors (Lipinski definition) is 1. The van der Waals surface area contributed by atoms with Crippen LogP contribution in [0.2, 0.25) is 0 Å². The van der Waals surface area contributed by atoms with Crippen LogP contribution in [0.5, 0.6) is 0 Å². The molecule has 1 unspecified atom stereocenters. The van der Waals surface area contributed by atoms with E-state index in [-0.39, 0.29) is 11.1 Å². The molecular weight excluding hydrogens is 282 g/mol. The normalized spacial score (nSPS) is 12.4. The van der Waals surface area contributed by atoms with Crippen LogP contribution in [0.3, 0.4) is 0 Å². The Morgan fingerprint density at radius 1 is 0.857 bits per heavy atom. The quantitative estimate of drug-likeness (QED) is 0.810.